The monoisotopic (exact) mass is 347 g/mol. The van der Waals surface area contributed by atoms with E-state index in [0.29, 0.717) is 18.4 Å². The number of nitro benzene ring substituents is 1. The predicted octanol–water partition coefficient (Wildman–Crippen LogP) is 1.93. The Kier molecular flexibility index (Phi) is 5.06. The van der Waals surface area contributed by atoms with Gasteiger partial charge in [-0.3, -0.25) is 10.1 Å². The molecule has 1 aliphatic heterocycles. The summed E-state index contributed by atoms with van der Waals surface area (Å²) in [6.07, 6.45) is 1.39. The number of nitrogens with one attached hydrogen (secondary N) is 1. The van der Waals surface area contributed by atoms with Gasteiger partial charge in [-0.1, -0.05) is 11.6 Å². The molecule has 0 bridgehead atoms. The Morgan fingerprint density at radius 1 is 1.36 bits per heavy atom. The minimum atomic E-state index is -3.89. The Balaban J connectivity index is 2.31. The maximum Gasteiger partial charge on any atom is 0.289 e. The largest absolute Gasteiger partial charge is 0.306 e. The summed E-state index contributed by atoms with van der Waals surface area (Å²) in [4.78, 5) is 12.2. The van der Waals surface area contributed by atoms with E-state index in [-0.39, 0.29) is 16.0 Å². The number of rotatable bonds is 4. The Bertz CT molecular complexity index is 685. The number of benzene rings is 1. The molecule has 1 aliphatic rings. The van der Waals surface area contributed by atoms with Crippen LogP contribution in [0.1, 0.15) is 18.4 Å². The van der Waals surface area contributed by atoms with Crippen molar-refractivity contribution in [1.29, 1.82) is 0 Å². The lowest BCUT2D eigenvalue weighted by molar-refractivity contribution is -0.385. The SMILES string of the molecule is Cc1cc([N+](=O)[O-])c(Cl)c(S(=O)(=O)NC2CCN(C)CC2)c1. The van der Waals surface area contributed by atoms with Gasteiger partial charge in [0.25, 0.3) is 5.69 Å². The molecule has 1 saturated heterocycles. The molecule has 0 aliphatic carbocycles. The minimum Gasteiger partial charge on any atom is -0.306 e. The molecule has 0 amide bonds. The van der Waals surface area contributed by atoms with Crippen molar-refractivity contribution in [1.82, 2.24) is 9.62 Å². The van der Waals surface area contributed by atoms with Gasteiger partial charge in [-0.15, -0.1) is 0 Å². The standard InChI is InChI=1S/C13H18ClN3O4S/c1-9-7-11(17(18)19)13(14)12(8-9)22(20,21)15-10-3-5-16(2)6-4-10/h7-8,10,15H,3-6H2,1-2H3. The Morgan fingerprint density at radius 2 is 1.95 bits per heavy atom. The van der Waals surface area contributed by atoms with Gasteiger partial charge in [0, 0.05) is 12.1 Å². The molecule has 1 aromatic carbocycles. The van der Waals surface area contributed by atoms with Crippen LogP contribution in [0.4, 0.5) is 5.69 Å². The topological polar surface area (TPSA) is 92.5 Å². The number of nitro groups is 1. The van der Waals surface area contributed by atoms with Gasteiger partial charge in [0.15, 0.2) is 0 Å². The molecular weight excluding hydrogens is 330 g/mol. The zero-order valence-corrected chi connectivity index (χ0v) is 13.9. The summed E-state index contributed by atoms with van der Waals surface area (Å²) in [5, 5.41) is 10.6. The first-order chi connectivity index (χ1) is 10.2. The number of piperidine rings is 1. The third-order valence-electron chi connectivity index (χ3n) is 3.69. The van der Waals surface area contributed by atoms with Crippen LogP contribution in [0.5, 0.6) is 0 Å². The van der Waals surface area contributed by atoms with Crippen LogP contribution in [-0.4, -0.2) is 44.4 Å². The zero-order valence-electron chi connectivity index (χ0n) is 12.4. The number of sulfonamides is 1. The van der Waals surface area contributed by atoms with Crippen LogP contribution < -0.4 is 4.72 Å². The van der Waals surface area contributed by atoms with Gasteiger partial charge < -0.3 is 4.90 Å². The number of likely N-dealkylation sites (tertiary alicyclic amines) is 1. The Hall–Kier alpha value is -1.22. The van der Waals surface area contributed by atoms with Crippen molar-refractivity contribution in [2.24, 2.45) is 0 Å². The number of hydrogen-bond donors (Lipinski definition) is 1. The van der Waals surface area contributed by atoms with Crippen LogP contribution in [0, 0.1) is 17.0 Å². The zero-order chi connectivity index (χ0) is 16.5. The molecule has 9 heteroatoms. The van der Waals surface area contributed by atoms with Gasteiger partial charge in [0.1, 0.15) is 9.92 Å². The summed E-state index contributed by atoms with van der Waals surface area (Å²) in [7, 11) is -1.91. The molecule has 0 saturated carbocycles. The van der Waals surface area contributed by atoms with E-state index in [1.165, 1.54) is 12.1 Å². The molecular formula is C13H18ClN3O4S. The van der Waals surface area contributed by atoms with Crippen LogP contribution in [-0.2, 0) is 10.0 Å². The molecule has 0 spiro atoms. The highest BCUT2D eigenvalue weighted by atomic mass is 35.5. The quantitative estimate of drug-likeness (QED) is 0.663. The molecule has 7 nitrogen and oxygen atoms in total. The Labute approximate surface area is 134 Å². The maximum atomic E-state index is 12.5. The fraction of sp³-hybridized carbons (Fsp3) is 0.538. The molecule has 0 atom stereocenters. The molecule has 1 aromatic rings. The van der Waals surface area contributed by atoms with E-state index in [1.54, 1.807) is 6.92 Å². The van der Waals surface area contributed by atoms with E-state index in [1.807, 2.05) is 7.05 Å². The van der Waals surface area contributed by atoms with E-state index in [0.717, 1.165) is 13.1 Å². The molecule has 0 radical (unpaired) electrons. The van der Waals surface area contributed by atoms with Crippen LogP contribution >= 0.6 is 11.6 Å². The highest BCUT2D eigenvalue weighted by Gasteiger charge is 2.29. The third kappa shape index (κ3) is 3.75. The van der Waals surface area contributed by atoms with Crippen LogP contribution in [0.2, 0.25) is 5.02 Å². The number of aryl methyl sites for hydroxylation is 1. The van der Waals surface area contributed by atoms with Gasteiger partial charge in [-0.2, -0.15) is 0 Å². The second-order valence-electron chi connectivity index (χ2n) is 5.55. The van der Waals surface area contributed by atoms with E-state index in [4.69, 9.17) is 11.6 Å². The summed E-state index contributed by atoms with van der Waals surface area (Å²) < 4.78 is 27.6. The predicted molar refractivity (Wildman–Crippen MR) is 83.7 cm³/mol. The molecule has 1 heterocycles. The van der Waals surface area contributed by atoms with Gasteiger partial charge in [-0.05, 0) is 51.5 Å². The van der Waals surface area contributed by atoms with E-state index < -0.39 is 20.6 Å². The normalized spacial score (nSPS) is 17.6. The van der Waals surface area contributed by atoms with Crippen LogP contribution in [0.25, 0.3) is 0 Å². The summed E-state index contributed by atoms with van der Waals surface area (Å²) in [5.41, 5.74) is 0.0743. The summed E-state index contributed by atoms with van der Waals surface area (Å²) in [6, 6.07) is 2.43. The number of hydrogen-bond acceptors (Lipinski definition) is 5. The molecule has 0 aromatic heterocycles. The molecule has 122 valence electrons. The van der Waals surface area contributed by atoms with E-state index >= 15 is 0 Å². The number of halogens is 1. The minimum absolute atomic E-state index is 0.183. The summed E-state index contributed by atoms with van der Waals surface area (Å²) >= 11 is 5.93. The van der Waals surface area contributed by atoms with Crippen LogP contribution in [0.15, 0.2) is 17.0 Å². The van der Waals surface area contributed by atoms with Crippen molar-refractivity contribution in [3.63, 3.8) is 0 Å². The fourth-order valence-electron chi connectivity index (χ4n) is 2.45. The molecule has 0 unspecified atom stereocenters. The average Bonchev–Trinajstić information content (AvgIpc) is 2.43. The van der Waals surface area contributed by atoms with Gasteiger partial charge >= 0.3 is 0 Å². The van der Waals surface area contributed by atoms with Crippen molar-refractivity contribution in [2.45, 2.75) is 30.7 Å². The smallest absolute Gasteiger partial charge is 0.289 e. The molecule has 2 rings (SSSR count). The average molecular weight is 348 g/mol. The van der Waals surface area contributed by atoms with Gasteiger partial charge in [0.05, 0.1) is 4.92 Å². The highest BCUT2D eigenvalue weighted by molar-refractivity contribution is 7.89. The number of nitrogens with zero attached hydrogens (tertiary/aromatic N) is 2. The van der Waals surface area contributed by atoms with Gasteiger partial charge in [-0.25, -0.2) is 13.1 Å². The first-order valence-electron chi connectivity index (χ1n) is 6.86. The molecule has 1 fully saturated rings. The van der Waals surface area contributed by atoms with Crippen molar-refractivity contribution in [3.05, 3.63) is 32.8 Å². The first-order valence-corrected chi connectivity index (χ1v) is 8.72. The maximum absolute atomic E-state index is 12.5. The Morgan fingerprint density at radius 3 is 2.50 bits per heavy atom. The lowest BCUT2D eigenvalue weighted by atomic mass is 10.1. The highest BCUT2D eigenvalue weighted by Crippen LogP contribution is 2.32. The lowest BCUT2D eigenvalue weighted by Gasteiger charge is -2.29. The van der Waals surface area contributed by atoms with Gasteiger partial charge in [0.2, 0.25) is 10.0 Å². The summed E-state index contributed by atoms with van der Waals surface area (Å²) in [5.74, 6) is 0. The molecule has 1 N–H and O–H groups in total. The first kappa shape index (κ1) is 17.1. The third-order valence-corrected chi connectivity index (χ3v) is 5.74. The fourth-order valence-corrected chi connectivity index (χ4v) is 4.42. The van der Waals surface area contributed by atoms with E-state index in [9.17, 15) is 18.5 Å². The van der Waals surface area contributed by atoms with Crippen molar-refractivity contribution >= 4 is 27.3 Å². The van der Waals surface area contributed by atoms with Crippen molar-refractivity contribution in [3.8, 4) is 0 Å². The van der Waals surface area contributed by atoms with Crippen LogP contribution in [0.3, 0.4) is 0 Å². The van der Waals surface area contributed by atoms with Crippen molar-refractivity contribution < 1.29 is 13.3 Å². The second-order valence-corrected chi connectivity index (χ2v) is 7.61. The summed E-state index contributed by atoms with van der Waals surface area (Å²) in [6.45, 7) is 3.20. The van der Waals surface area contributed by atoms with Crippen molar-refractivity contribution in [2.75, 3.05) is 20.1 Å². The second kappa shape index (κ2) is 6.49. The lowest BCUT2D eigenvalue weighted by Crippen LogP contribution is -2.43. The molecule has 22 heavy (non-hydrogen) atoms. The van der Waals surface area contributed by atoms with E-state index in [2.05, 4.69) is 9.62 Å².